The summed E-state index contributed by atoms with van der Waals surface area (Å²) in [6.45, 7) is 1.74. The Morgan fingerprint density at radius 3 is 2.53 bits per heavy atom. The number of amides is 1. The maximum absolute atomic E-state index is 12.2. The Bertz CT molecular complexity index is 455. The van der Waals surface area contributed by atoms with Crippen molar-refractivity contribution in [3.05, 3.63) is 0 Å². The van der Waals surface area contributed by atoms with Gasteiger partial charge in [0.15, 0.2) is 0 Å². The van der Waals surface area contributed by atoms with Crippen LogP contribution in [-0.2, 0) is 14.8 Å². The van der Waals surface area contributed by atoms with E-state index in [-0.39, 0.29) is 17.1 Å². The monoisotopic (exact) mass is 286 g/mol. The molecule has 1 N–H and O–H groups in total. The van der Waals surface area contributed by atoms with E-state index < -0.39 is 10.0 Å². The van der Waals surface area contributed by atoms with Gasteiger partial charge in [-0.25, -0.2) is 12.7 Å². The molecule has 1 heterocycles. The number of carbonyl (C=O) groups excluding carboxylic acids is 1. The van der Waals surface area contributed by atoms with E-state index in [9.17, 15) is 13.2 Å². The van der Waals surface area contributed by atoms with E-state index in [0.29, 0.717) is 19.0 Å². The van der Waals surface area contributed by atoms with Crippen LogP contribution < -0.4 is 5.32 Å². The molecule has 5 nitrogen and oxygen atoms in total. The molecule has 0 bridgehead atoms. The van der Waals surface area contributed by atoms with Crippen LogP contribution in [0.2, 0.25) is 0 Å². The highest BCUT2D eigenvalue weighted by Crippen LogP contribution is 2.33. The van der Waals surface area contributed by atoms with Gasteiger partial charge in [0, 0.05) is 19.6 Å². The standard InChI is InChI=1S/C13H22N2O3S/c16-13(14-8-10-3-4-10)11-2-1-7-15(9-11)19(17,18)12-5-6-12/h10-12H,1-9H2,(H,14,16). The van der Waals surface area contributed by atoms with Gasteiger partial charge in [0.1, 0.15) is 0 Å². The van der Waals surface area contributed by atoms with Crippen molar-refractivity contribution in [1.82, 2.24) is 9.62 Å². The highest BCUT2D eigenvalue weighted by Gasteiger charge is 2.42. The molecule has 1 saturated heterocycles. The third-order valence-corrected chi connectivity index (χ3v) is 6.69. The molecule has 108 valence electrons. The summed E-state index contributed by atoms with van der Waals surface area (Å²) in [5.41, 5.74) is 0. The third-order valence-electron chi connectivity index (χ3n) is 4.32. The van der Waals surface area contributed by atoms with Crippen LogP contribution in [0.1, 0.15) is 38.5 Å². The summed E-state index contributed by atoms with van der Waals surface area (Å²) >= 11 is 0. The molecule has 0 aromatic heterocycles. The first-order chi connectivity index (χ1) is 9.07. The van der Waals surface area contributed by atoms with Crippen molar-refractivity contribution < 1.29 is 13.2 Å². The first-order valence-corrected chi connectivity index (χ1v) is 8.84. The van der Waals surface area contributed by atoms with Crippen LogP contribution >= 0.6 is 0 Å². The van der Waals surface area contributed by atoms with E-state index in [0.717, 1.165) is 32.2 Å². The molecule has 0 aromatic carbocycles. The topological polar surface area (TPSA) is 66.5 Å². The lowest BCUT2D eigenvalue weighted by Gasteiger charge is -2.31. The summed E-state index contributed by atoms with van der Waals surface area (Å²) in [6.07, 6.45) is 5.62. The third kappa shape index (κ3) is 3.11. The molecule has 0 aromatic rings. The summed E-state index contributed by atoms with van der Waals surface area (Å²) in [7, 11) is -3.12. The van der Waals surface area contributed by atoms with Crippen molar-refractivity contribution in [1.29, 1.82) is 0 Å². The number of hydrogen-bond donors (Lipinski definition) is 1. The van der Waals surface area contributed by atoms with Gasteiger partial charge >= 0.3 is 0 Å². The molecule has 0 radical (unpaired) electrons. The van der Waals surface area contributed by atoms with Crippen LogP contribution in [0.25, 0.3) is 0 Å². The summed E-state index contributed by atoms with van der Waals surface area (Å²) in [4.78, 5) is 12.1. The van der Waals surface area contributed by atoms with Gasteiger partial charge in [-0.05, 0) is 44.4 Å². The molecule has 2 saturated carbocycles. The fourth-order valence-corrected chi connectivity index (χ4v) is 4.60. The first kappa shape index (κ1) is 13.4. The Kier molecular flexibility index (Phi) is 3.55. The van der Waals surface area contributed by atoms with E-state index >= 15 is 0 Å². The Balaban J connectivity index is 1.56. The Morgan fingerprint density at radius 2 is 1.89 bits per heavy atom. The normalized spacial score (nSPS) is 29.2. The second-order valence-electron chi connectivity index (χ2n) is 6.13. The van der Waals surface area contributed by atoms with Crippen molar-refractivity contribution in [2.45, 2.75) is 43.8 Å². The highest BCUT2D eigenvalue weighted by molar-refractivity contribution is 7.90. The van der Waals surface area contributed by atoms with E-state index in [1.807, 2.05) is 0 Å². The van der Waals surface area contributed by atoms with Gasteiger partial charge in [-0.1, -0.05) is 0 Å². The molecule has 1 unspecified atom stereocenters. The van der Waals surface area contributed by atoms with E-state index in [1.165, 1.54) is 12.8 Å². The van der Waals surface area contributed by atoms with Gasteiger partial charge in [-0.3, -0.25) is 4.79 Å². The summed E-state index contributed by atoms with van der Waals surface area (Å²) in [5.74, 6) is 0.558. The van der Waals surface area contributed by atoms with Gasteiger partial charge < -0.3 is 5.32 Å². The van der Waals surface area contributed by atoms with Gasteiger partial charge in [-0.15, -0.1) is 0 Å². The molecule has 3 fully saturated rings. The van der Waals surface area contributed by atoms with Gasteiger partial charge in [0.2, 0.25) is 15.9 Å². The van der Waals surface area contributed by atoms with Crippen molar-refractivity contribution in [3.8, 4) is 0 Å². The van der Waals surface area contributed by atoms with Crippen LogP contribution in [-0.4, -0.2) is 43.5 Å². The SMILES string of the molecule is O=C(NCC1CC1)C1CCCN(S(=O)(=O)C2CC2)C1. The lowest BCUT2D eigenvalue weighted by Crippen LogP contribution is -2.46. The van der Waals surface area contributed by atoms with Gasteiger partial charge in [0.25, 0.3) is 0 Å². The molecule has 1 atom stereocenters. The average molecular weight is 286 g/mol. The minimum absolute atomic E-state index is 0.0441. The zero-order valence-electron chi connectivity index (χ0n) is 11.2. The Hall–Kier alpha value is -0.620. The zero-order chi connectivity index (χ0) is 13.5. The molecule has 3 rings (SSSR count). The molecule has 1 aliphatic heterocycles. The van der Waals surface area contributed by atoms with Crippen molar-refractivity contribution >= 4 is 15.9 Å². The fraction of sp³-hybridized carbons (Fsp3) is 0.923. The van der Waals surface area contributed by atoms with Crippen LogP contribution in [0.4, 0.5) is 0 Å². The molecule has 1 amide bonds. The number of nitrogens with one attached hydrogen (secondary N) is 1. The largest absolute Gasteiger partial charge is 0.356 e. The smallest absolute Gasteiger partial charge is 0.224 e. The minimum atomic E-state index is -3.12. The van der Waals surface area contributed by atoms with Gasteiger partial charge in [0.05, 0.1) is 11.2 Å². The zero-order valence-corrected chi connectivity index (χ0v) is 12.0. The second-order valence-corrected chi connectivity index (χ2v) is 8.34. The average Bonchev–Trinajstić information content (AvgIpc) is 3.29. The van der Waals surface area contributed by atoms with Crippen molar-refractivity contribution in [2.24, 2.45) is 11.8 Å². The van der Waals surface area contributed by atoms with E-state index in [2.05, 4.69) is 5.32 Å². The number of carbonyl (C=O) groups is 1. The molecule has 0 spiro atoms. The van der Waals surface area contributed by atoms with Crippen LogP contribution in [0.3, 0.4) is 0 Å². The minimum Gasteiger partial charge on any atom is -0.356 e. The van der Waals surface area contributed by atoms with Crippen LogP contribution in [0, 0.1) is 11.8 Å². The molecular formula is C13H22N2O3S. The Labute approximate surface area is 114 Å². The Morgan fingerprint density at radius 1 is 1.16 bits per heavy atom. The first-order valence-electron chi connectivity index (χ1n) is 7.34. The number of sulfonamides is 1. The molecule has 2 aliphatic carbocycles. The summed E-state index contributed by atoms with van der Waals surface area (Å²) < 4.78 is 25.9. The quantitative estimate of drug-likeness (QED) is 0.809. The molecule has 3 aliphatic rings. The lowest BCUT2D eigenvalue weighted by molar-refractivity contribution is -0.126. The van der Waals surface area contributed by atoms with Crippen LogP contribution in [0.15, 0.2) is 0 Å². The number of rotatable bonds is 5. The van der Waals surface area contributed by atoms with Gasteiger partial charge in [-0.2, -0.15) is 0 Å². The summed E-state index contributed by atoms with van der Waals surface area (Å²) in [6, 6.07) is 0. The predicted octanol–water partition coefficient (Wildman–Crippen LogP) is 0.717. The number of nitrogens with zero attached hydrogens (tertiary/aromatic N) is 1. The summed E-state index contributed by atoms with van der Waals surface area (Å²) in [5, 5.41) is 2.80. The van der Waals surface area contributed by atoms with E-state index in [1.54, 1.807) is 4.31 Å². The molecule has 6 heteroatoms. The maximum Gasteiger partial charge on any atom is 0.224 e. The lowest BCUT2D eigenvalue weighted by atomic mass is 9.99. The van der Waals surface area contributed by atoms with Crippen LogP contribution in [0.5, 0.6) is 0 Å². The van der Waals surface area contributed by atoms with Crippen molar-refractivity contribution in [3.63, 3.8) is 0 Å². The second kappa shape index (κ2) is 5.05. The van der Waals surface area contributed by atoms with E-state index in [4.69, 9.17) is 0 Å². The maximum atomic E-state index is 12.2. The fourth-order valence-electron chi connectivity index (χ4n) is 2.68. The molecule has 19 heavy (non-hydrogen) atoms. The van der Waals surface area contributed by atoms with Crippen molar-refractivity contribution in [2.75, 3.05) is 19.6 Å². The predicted molar refractivity (Wildman–Crippen MR) is 72.0 cm³/mol. The highest BCUT2D eigenvalue weighted by atomic mass is 32.2. The molecular weight excluding hydrogens is 264 g/mol. The number of piperidine rings is 1. The number of hydrogen-bond acceptors (Lipinski definition) is 3.